The summed E-state index contributed by atoms with van der Waals surface area (Å²) in [5, 5.41) is 12.2. The number of allylic oxidation sites excluding steroid dienone is 3. The van der Waals surface area contributed by atoms with Crippen molar-refractivity contribution in [3.05, 3.63) is 71.6 Å². The molecule has 0 bridgehead atoms. The van der Waals surface area contributed by atoms with Crippen LogP contribution in [0.2, 0.25) is 0 Å². The van der Waals surface area contributed by atoms with Crippen LogP contribution in [0.4, 0.5) is 0 Å². The Balaban J connectivity index is 1.65. The minimum Gasteiger partial charge on any atom is -0.453 e. The highest BCUT2D eigenvalue weighted by atomic mass is 32.2. The molecule has 2 aromatic rings. The molecule has 30 heavy (non-hydrogen) atoms. The Morgan fingerprint density at radius 1 is 1.40 bits per heavy atom. The molecule has 0 spiro atoms. The fourth-order valence-electron chi connectivity index (χ4n) is 3.90. The molecule has 4 rings (SSSR count). The van der Waals surface area contributed by atoms with E-state index in [1.807, 2.05) is 35.9 Å². The van der Waals surface area contributed by atoms with Crippen LogP contribution in [0.15, 0.2) is 79.8 Å². The molecule has 156 valence electrons. The highest BCUT2D eigenvalue weighted by Crippen LogP contribution is 2.44. The van der Waals surface area contributed by atoms with Gasteiger partial charge >= 0.3 is 0 Å². The van der Waals surface area contributed by atoms with Gasteiger partial charge in [-0.25, -0.2) is 9.98 Å². The SMILES string of the molecule is C=C/C=C/c1cnc(Sc2ccc(C3C4=C(CCCC4O)N=C(N)/C3=C\N)o2)n1C. The van der Waals surface area contributed by atoms with Gasteiger partial charge in [-0.1, -0.05) is 18.7 Å². The molecule has 2 aromatic heterocycles. The van der Waals surface area contributed by atoms with E-state index >= 15 is 0 Å². The molecular formula is C22H25N5O2S. The van der Waals surface area contributed by atoms with Crippen LogP contribution < -0.4 is 11.5 Å². The minimum atomic E-state index is -0.583. The Morgan fingerprint density at radius 2 is 2.23 bits per heavy atom. The number of rotatable bonds is 5. The van der Waals surface area contributed by atoms with Crippen LogP contribution >= 0.6 is 11.8 Å². The lowest BCUT2D eigenvalue weighted by atomic mass is 9.78. The second-order valence-electron chi connectivity index (χ2n) is 7.24. The molecule has 0 aromatic carbocycles. The number of aromatic nitrogens is 2. The van der Waals surface area contributed by atoms with Crippen molar-refractivity contribution in [1.29, 1.82) is 0 Å². The van der Waals surface area contributed by atoms with Gasteiger partial charge in [0.25, 0.3) is 0 Å². The summed E-state index contributed by atoms with van der Waals surface area (Å²) in [6.45, 7) is 3.69. The first-order valence-electron chi connectivity index (χ1n) is 9.79. The molecule has 2 atom stereocenters. The summed E-state index contributed by atoms with van der Waals surface area (Å²) in [7, 11) is 1.95. The third-order valence-electron chi connectivity index (χ3n) is 5.40. The lowest BCUT2D eigenvalue weighted by Gasteiger charge is -2.33. The van der Waals surface area contributed by atoms with Crippen molar-refractivity contribution in [2.75, 3.05) is 0 Å². The van der Waals surface area contributed by atoms with Crippen molar-refractivity contribution in [2.45, 2.75) is 41.5 Å². The number of amidine groups is 1. The van der Waals surface area contributed by atoms with Crippen LogP contribution in [0.1, 0.15) is 36.6 Å². The Labute approximate surface area is 179 Å². The fourth-order valence-corrected chi connectivity index (χ4v) is 4.71. The number of nitrogens with zero attached hydrogens (tertiary/aromatic N) is 3. The zero-order valence-electron chi connectivity index (χ0n) is 16.8. The standard InChI is InChI=1S/C22H25N5O2S/c1-3-4-6-13-12-25-22(27(13)2)30-18-10-9-17(29-18)19-14(11-23)21(24)26-15-7-5-8-16(28)20(15)19/h3-4,6,9-12,16,19,28H,1,5,7-8,23H2,2H3,(H2,24,26)/b6-4+,14-11-. The van der Waals surface area contributed by atoms with Crippen molar-refractivity contribution >= 4 is 23.7 Å². The van der Waals surface area contributed by atoms with Gasteiger partial charge in [-0.3, -0.25) is 0 Å². The molecule has 0 radical (unpaired) electrons. The van der Waals surface area contributed by atoms with Gasteiger partial charge in [0, 0.05) is 24.5 Å². The molecule has 0 fully saturated rings. The van der Waals surface area contributed by atoms with Crippen LogP contribution in [0.5, 0.6) is 0 Å². The number of aliphatic imine (C=N–C) groups is 1. The van der Waals surface area contributed by atoms with Crippen LogP contribution in [-0.4, -0.2) is 26.6 Å². The highest BCUT2D eigenvalue weighted by molar-refractivity contribution is 7.99. The van der Waals surface area contributed by atoms with Crippen molar-refractivity contribution in [3.8, 4) is 0 Å². The molecule has 2 aliphatic rings. The predicted molar refractivity (Wildman–Crippen MR) is 119 cm³/mol. The number of furan rings is 1. The van der Waals surface area contributed by atoms with Gasteiger partial charge in [0.05, 0.1) is 23.9 Å². The average molecular weight is 424 g/mol. The van der Waals surface area contributed by atoms with Crippen molar-refractivity contribution in [2.24, 2.45) is 23.5 Å². The number of hydrogen-bond donors (Lipinski definition) is 3. The largest absolute Gasteiger partial charge is 0.453 e. The van der Waals surface area contributed by atoms with Gasteiger partial charge < -0.3 is 25.6 Å². The Morgan fingerprint density at radius 3 is 3.00 bits per heavy atom. The van der Waals surface area contributed by atoms with Gasteiger partial charge in [0.1, 0.15) is 11.6 Å². The molecule has 0 amide bonds. The minimum absolute atomic E-state index is 0.334. The van der Waals surface area contributed by atoms with Crippen molar-refractivity contribution in [1.82, 2.24) is 9.55 Å². The zero-order chi connectivity index (χ0) is 21.3. The first-order valence-corrected chi connectivity index (χ1v) is 10.6. The predicted octanol–water partition coefficient (Wildman–Crippen LogP) is 3.46. The van der Waals surface area contributed by atoms with E-state index < -0.39 is 6.10 Å². The third kappa shape index (κ3) is 3.64. The molecule has 1 aliphatic heterocycles. The second kappa shape index (κ2) is 8.41. The number of imidazole rings is 1. The normalized spacial score (nSPS) is 23.1. The summed E-state index contributed by atoms with van der Waals surface area (Å²) in [6, 6.07) is 3.81. The lowest BCUT2D eigenvalue weighted by molar-refractivity contribution is 0.180. The van der Waals surface area contributed by atoms with Crippen molar-refractivity contribution in [3.63, 3.8) is 0 Å². The van der Waals surface area contributed by atoms with Crippen molar-refractivity contribution < 1.29 is 9.52 Å². The van der Waals surface area contributed by atoms with Gasteiger partial charge in [-0.05, 0) is 54.8 Å². The molecular weight excluding hydrogens is 398 g/mol. The average Bonchev–Trinajstić information content (AvgIpc) is 3.33. The first kappa shape index (κ1) is 20.3. The quantitative estimate of drug-likeness (QED) is 0.634. The van der Waals surface area contributed by atoms with E-state index in [0.717, 1.165) is 35.0 Å². The summed E-state index contributed by atoms with van der Waals surface area (Å²) < 4.78 is 8.15. The van der Waals surface area contributed by atoms with Gasteiger partial charge in [0.2, 0.25) is 0 Å². The number of hydrogen-bond acceptors (Lipinski definition) is 7. The topological polar surface area (TPSA) is 116 Å². The Kier molecular flexibility index (Phi) is 5.69. The summed E-state index contributed by atoms with van der Waals surface area (Å²) in [5.41, 5.74) is 15.4. The molecule has 0 saturated heterocycles. The van der Waals surface area contributed by atoms with E-state index in [0.29, 0.717) is 28.7 Å². The van der Waals surface area contributed by atoms with Gasteiger partial charge in [-0.15, -0.1) is 0 Å². The fraction of sp³-hybridized carbons (Fsp3) is 0.273. The zero-order valence-corrected chi connectivity index (χ0v) is 17.6. The molecule has 5 N–H and O–H groups in total. The summed E-state index contributed by atoms with van der Waals surface area (Å²) >= 11 is 1.43. The maximum Gasteiger partial charge on any atom is 0.176 e. The monoisotopic (exact) mass is 423 g/mol. The van der Waals surface area contributed by atoms with Crippen LogP contribution in [0.3, 0.4) is 0 Å². The van der Waals surface area contributed by atoms with E-state index in [4.69, 9.17) is 15.9 Å². The molecule has 7 nitrogen and oxygen atoms in total. The van der Waals surface area contributed by atoms with Gasteiger partial charge in [0.15, 0.2) is 10.2 Å². The van der Waals surface area contributed by atoms with Crippen LogP contribution in [-0.2, 0) is 7.05 Å². The smallest absolute Gasteiger partial charge is 0.176 e. The molecule has 1 aliphatic carbocycles. The molecule has 8 heteroatoms. The summed E-state index contributed by atoms with van der Waals surface area (Å²) in [4.78, 5) is 8.96. The Hall–Kier alpha value is -2.97. The first-order chi connectivity index (χ1) is 14.5. The third-order valence-corrected chi connectivity index (χ3v) is 6.38. The molecule has 2 unspecified atom stereocenters. The van der Waals surface area contributed by atoms with Crippen LogP contribution in [0.25, 0.3) is 6.08 Å². The van der Waals surface area contributed by atoms with E-state index in [1.165, 1.54) is 18.0 Å². The highest BCUT2D eigenvalue weighted by Gasteiger charge is 2.37. The van der Waals surface area contributed by atoms with E-state index in [-0.39, 0.29) is 5.92 Å². The Bertz CT molecular complexity index is 1090. The van der Waals surface area contributed by atoms with Gasteiger partial charge in [-0.2, -0.15) is 0 Å². The van der Waals surface area contributed by atoms with E-state index in [1.54, 1.807) is 12.3 Å². The number of nitrogens with two attached hydrogens (primary N) is 2. The summed E-state index contributed by atoms with van der Waals surface area (Å²) in [5.74, 6) is 0.727. The number of aliphatic hydroxyl groups excluding tert-OH is 1. The molecule has 0 saturated carbocycles. The molecule has 3 heterocycles. The van der Waals surface area contributed by atoms with Crippen LogP contribution in [0, 0.1) is 0 Å². The maximum absolute atomic E-state index is 10.7. The number of aliphatic hydroxyl groups is 1. The second-order valence-corrected chi connectivity index (χ2v) is 8.21. The van der Waals surface area contributed by atoms with E-state index in [9.17, 15) is 5.11 Å². The summed E-state index contributed by atoms with van der Waals surface area (Å²) in [6.07, 6.45) is 10.6. The maximum atomic E-state index is 10.7. The van der Waals surface area contributed by atoms with E-state index in [2.05, 4.69) is 16.6 Å². The lowest BCUT2D eigenvalue weighted by Crippen LogP contribution is -2.32.